The fraction of sp³-hybridized carbons (Fsp3) is 0.786. The van der Waals surface area contributed by atoms with Gasteiger partial charge in [-0.25, -0.2) is 0 Å². The fourth-order valence-electron chi connectivity index (χ4n) is 3.68. The Balaban J connectivity index is 3.27. The Labute approximate surface area is 198 Å². The Bertz CT molecular complexity index is 483. The zero-order valence-electron chi connectivity index (χ0n) is 20.5. The summed E-state index contributed by atoms with van der Waals surface area (Å²) in [6.45, 7) is 1.53. The summed E-state index contributed by atoms with van der Waals surface area (Å²) in [5, 5.41) is 6.04. The van der Waals surface area contributed by atoms with Crippen molar-refractivity contribution in [2.75, 3.05) is 13.1 Å². The van der Waals surface area contributed by atoms with Crippen LogP contribution in [0.4, 0.5) is 0 Å². The van der Waals surface area contributed by atoms with Crippen LogP contribution in [-0.2, 0) is 9.59 Å². The molecular formula is C28H48N2O2. The lowest BCUT2D eigenvalue weighted by Gasteiger charge is -2.07. The maximum Gasteiger partial charge on any atom is 0.219 e. The number of hydrogen-bond donors (Lipinski definition) is 2. The minimum Gasteiger partial charge on any atom is -0.356 e. The quantitative estimate of drug-likeness (QED) is 0.144. The van der Waals surface area contributed by atoms with Gasteiger partial charge in [-0.05, 0) is 38.5 Å². The lowest BCUT2D eigenvalue weighted by Crippen LogP contribution is -2.24. The number of carbonyl (C=O) groups is 2. The predicted molar refractivity (Wildman–Crippen MR) is 136 cm³/mol. The van der Waals surface area contributed by atoms with Gasteiger partial charge in [-0.3, -0.25) is 9.59 Å². The van der Waals surface area contributed by atoms with Gasteiger partial charge in [0.2, 0.25) is 11.8 Å². The predicted octanol–water partition coefficient (Wildman–Crippen LogP) is 6.29. The number of carbonyl (C=O) groups excluding carboxylic acids is 2. The zero-order valence-corrected chi connectivity index (χ0v) is 20.5. The fourth-order valence-corrected chi connectivity index (χ4v) is 3.68. The summed E-state index contributed by atoms with van der Waals surface area (Å²) in [6, 6.07) is 0. The van der Waals surface area contributed by atoms with Crippen molar-refractivity contribution in [3.63, 3.8) is 0 Å². The van der Waals surface area contributed by atoms with Gasteiger partial charge in [0.25, 0.3) is 0 Å². The van der Waals surface area contributed by atoms with Crippen LogP contribution in [0.15, 0.2) is 0 Å². The smallest absolute Gasteiger partial charge is 0.219 e. The zero-order chi connectivity index (χ0) is 23.5. The summed E-state index contributed by atoms with van der Waals surface area (Å²) in [7, 11) is 0. The number of hydrogen-bond acceptors (Lipinski definition) is 2. The monoisotopic (exact) mass is 444 g/mol. The van der Waals surface area contributed by atoms with Crippen LogP contribution in [0.5, 0.6) is 0 Å². The molecular weight excluding hydrogens is 396 g/mol. The van der Waals surface area contributed by atoms with E-state index in [2.05, 4.69) is 22.5 Å². The van der Waals surface area contributed by atoms with Crippen LogP contribution in [0.2, 0.25) is 0 Å². The maximum atomic E-state index is 11.8. The van der Waals surface area contributed by atoms with E-state index in [1.807, 2.05) is 0 Å². The number of rotatable bonds is 23. The van der Waals surface area contributed by atoms with E-state index in [4.69, 9.17) is 12.8 Å². The van der Waals surface area contributed by atoms with E-state index < -0.39 is 0 Å². The highest BCUT2D eigenvalue weighted by Crippen LogP contribution is 2.09. The second kappa shape index (κ2) is 25.3. The molecule has 0 unspecified atom stereocenters. The topological polar surface area (TPSA) is 58.2 Å². The number of terminal acetylenes is 2. The Morgan fingerprint density at radius 2 is 0.781 bits per heavy atom. The normalized spacial score (nSPS) is 10.3. The van der Waals surface area contributed by atoms with Crippen LogP contribution in [0.3, 0.4) is 0 Å². The highest BCUT2D eigenvalue weighted by atomic mass is 16.2. The molecule has 0 aliphatic rings. The second-order valence-corrected chi connectivity index (χ2v) is 8.77. The molecule has 182 valence electrons. The third-order valence-corrected chi connectivity index (χ3v) is 5.70. The molecule has 0 atom stereocenters. The van der Waals surface area contributed by atoms with E-state index in [0.29, 0.717) is 12.8 Å². The summed E-state index contributed by atoms with van der Waals surface area (Å²) in [5.41, 5.74) is 0. The summed E-state index contributed by atoms with van der Waals surface area (Å²) in [5.74, 6) is 5.70. The molecule has 2 amide bonds. The van der Waals surface area contributed by atoms with E-state index in [1.54, 1.807) is 0 Å². The van der Waals surface area contributed by atoms with Gasteiger partial charge in [0, 0.05) is 38.8 Å². The lowest BCUT2D eigenvalue weighted by atomic mass is 10.1. The van der Waals surface area contributed by atoms with Gasteiger partial charge in [0.15, 0.2) is 0 Å². The highest BCUT2D eigenvalue weighted by molar-refractivity contribution is 5.76. The minimum atomic E-state index is 0.178. The average Bonchev–Trinajstić information content (AvgIpc) is 2.79. The second-order valence-electron chi connectivity index (χ2n) is 8.77. The summed E-state index contributed by atoms with van der Waals surface area (Å²) in [6.07, 6.45) is 31.4. The number of amides is 2. The molecule has 0 aliphatic carbocycles. The van der Waals surface area contributed by atoms with Gasteiger partial charge in [-0.1, -0.05) is 64.2 Å². The van der Waals surface area contributed by atoms with Crippen molar-refractivity contribution in [2.24, 2.45) is 0 Å². The Morgan fingerprint density at radius 3 is 1.16 bits per heavy atom. The molecule has 0 aromatic rings. The van der Waals surface area contributed by atoms with Crippen LogP contribution in [0, 0.1) is 24.7 Å². The van der Waals surface area contributed by atoms with Crippen molar-refractivity contribution in [1.29, 1.82) is 0 Å². The summed E-state index contributed by atoms with van der Waals surface area (Å²) < 4.78 is 0. The molecule has 0 aromatic carbocycles. The van der Waals surface area contributed by atoms with Crippen molar-refractivity contribution in [1.82, 2.24) is 10.6 Å². The molecule has 0 aromatic heterocycles. The molecule has 2 N–H and O–H groups in total. The first-order valence-corrected chi connectivity index (χ1v) is 13.1. The van der Waals surface area contributed by atoms with E-state index in [0.717, 1.165) is 90.1 Å². The average molecular weight is 445 g/mol. The molecule has 32 heavy (non-hydrogen) atoms. The first-order chi connectivity index (χ1) is 15.7. The van der Waals surface area contributed by atoms with Crippen molar-refractivity contribution in [3.05, 3.63) is 0 Å². The molecule has 0 saturated carbocycles. The molecule has 0 aliphatic heterocycles. The van der Waals surface area contributed by atoms with Gasteiger partial charge in [-0.2, -0.15) is 0 Å². The van der Waals surface area contributed by atoms with Gasteiger partial charge >= 0.3 is 0 Å². The molecule has 4 nitrogen and oxygen atoms in total. The summed E-state index contributed by atoms with van der Waals surface area (Å²) >= 11 is 0. The molecule has 0 spiro atoms. The number of unbranched alkanes of at least 4 members (excludes halogenated alkanes) is 15. The van der Waals surface area contributed by atoms with Gasteiger partial charge in [-0.15, -0.1) is 24.7 Å². The van der Waals surface area contributed by atoms with Gasteiger partial charge in [0.05, 0.1) is 0 Å². The van der Waals surface area contributed by atoms with Gasteiger partial charge < -0.3 is 10.6 Å². The first-order valence-electron chi connectivity index (χ1n) is 13.1. The Kier molecular flexibility index (Phi) is 23.8. The third kappa shape index (κ3) is 24.3. The van der Waals surface area contributed by atoms with E-state index >= 15 is 0 Å². The van der Waals surface area contributed by atoms with E-state index in [1.165, 1.54) is 38.5 Å². The van der Waals surface area contributed by atoms with Crippen LogP contribution in [0.1, 0.15) is 128 Å². The van der Waals surface area contributed by atoms with Crippen molar-refractivity contribution < 1.29 is 9.59 Å². The molecule has 0 rings (SSSR count). The minimum absolute atomic E-state index is 0.178. The van der Waals surface area contributed by atoms with Crippen LogP contribution < -0.4 is 10.6 Å². The lowest BCUT2D eigenvalue weighted by molar-refractivity contribution is -0.122. The summed E-state index contributed by atoms with van der Waals surface area (Å²) in [4.78, 5) is 23.7. The standard InChI is InChI=1S/C28H48N2O2/c1-3-5-7-9-11-13-15-19-23-27(31)29-25-21-17-18-22-26-30-28(32)24-20-16-14-12-10-8-6-4-2/h1-2H,5-26H2,(H,29,31)(H,30,32). The highest BCUT2D eigenvalue weighted by Gasteiger charge is 2.02. The number of nitrogens with one attached hydrogen (secondary N) is 2. The van der Waals surface area contributed by atoms with Crippen molar-refractivity contribution >= 4 is 11.8 Å². The van der Waals surface area contributed by atoms with Crippen LogP contribution in [0.25, 0.3) is 0 Å². The van der Waals surface area contributed by atoms with E-state index in [9.17, 15) is 9.59 Å². The molecule has 0 fully saturated rings. The van der Waals surface area contributed by atoms with Crippen LogP contribution in [-0.4, -0.2) is 24.9 Å². The van der Waals surface area contributed by atoms with E-state index in [-0.39, 0.29) is 11.8 Å². The maximum absolute atomic E-state index is 11.8. The van der Waals surface area contributed by atoms with Crippen LogP contribution >= 0.6 is 0 Å². The molecule has 0 radical (unpaired) electrons. The van der Waals surface area contributed by atoms with Crippen molar-refractivity contribution in [3.8, 4) is 24.7 Å². The third-order valence-electron chi connectivity index (χ3n) is 5.70. The molecule has 0 heterocycles. The molecule has 0 saturated heterocycles. The molecule has 4 heteroatoms. The van der Waals surface area contributed by atoms with Gasteiger partial charge in [0.1, 0.15) is 0 Å². The first kappa shape index (κ1) is 30.1. The Morgan fingerprint density at radius 1 is 0.469 bits per heavy atom. The largest absolute Gasteiger partial charge is 0.356 e. The SMILES string of the molecule is C#CCCCCCCCCC(=O)NCCCCCCNC(=O)CCCCCCCCC#C. The Hall–Kier alpha value is -1.94. The van der Waals surface area contributed by atoms with Crippen molar-refractivity contribution in [2.45, 2.75) is 128 Å². The molecule has 0 bridgehead atoms.